The molecule has 0 aromatic rings. The van der Waals surface area contributed by atoms with Gasteiger partial charge in [-0.3, -0.25) is 9.69 Å². The van der Waals surface area contributed by atoms with Crippen LogP contribution in [0.3, 0.4) is 0 Å². The molecule has 2 atom stereocenters. The molecule has 1 saturated heterocycles. The summed E-state index contributed by atoms with van der Waals surface area (Å²) in [5.41, 5.74) is 0. The molecule has 2 aliphatic rings. The fourth-order valence-corrected chi connectivity index (χ4v) is 2.75. The Bertz CT molecular complexity index is 255. The zero-order chi connectivity index (χ0) is 11.7. The van der Waals surface area contributed by atoms with Gasteiger partial charge in [-0.1, -0.05) is 0 Å². The Morgan fingerprint density at radius 3 is 2.12 bits per heavy atom. The number of nitrogens with zero attached hydrogens (tertiary/aromatic N) is 1. The molecule has 2 fully saturated rings. The number of hydrogen-bond acceptors (Lipinski definition) is 3. The lowest BCUT2D eigenvalue weighted by Gasteiger charge is -2.36. The molecule has 0 amide bonds. The summed E-state index contributed by atoms with van der Waals surface area (Å²) in [6.45, 7) is 3.47. The third-order valence-electron chi connectivity index (χ3n) is 3.97. The molecule has 0 aromatic carbocycles. The van der Waals surface area contributed by atoms with Gasteiger partial charge in [0.15, 0.2) is 0 Å². The largest absolute Gasteiger partial charge is 0.480 e. The minimum absolute atomic E-state index is 0.258. The van der Waals surface area contributed by atoms with Crippen LogP contribution in [0.5, 0.6) is 0 Å². The van der Waals surface area contributed by atoms with Crippen LogP contribution in [0.2, 0.25) is 0 Å². The van der Waals surface area contributed by atoms with Gasteiger partial charge in [0.1, 0.15) is 6.04 Å². The second kappa shape index (κ2) is 4.72. The molecular formula is C12H21NO3. The van der Waals surface area contributed by atoms with Crippen LogP contribution < -0.4 is 0 Å². The lowest BCUT2D eigenvalue weighted by atomic mass is 9.91. The van der Waals surface area contributed by atoms with Crippen LogP contribution in [-0.2, 0) is 4.79 Å². The van der Waals surface area contributed by atoms with Crippen molar-refractivity contribution < 1.29 is 15.0 Å². The first-order chi connectivity index (χ1) is 7.59. The van der Waals surface area contributed by atoms with E-state index in [9.17, 15) is 15.0 Å². The summed E-state index contributed by atoms with van der Waals surface area (Å²) in [7, 11) is 0. The summed E-state index contributed by atoms with van der Waals surface area (Å²) in [5.74, 6) is 0.0588. The highest BCUT2D eigenvalue weighted by molar-refractivity contribution is 5.74. The van der Waals surface area contributed by atoms with E-state index < -0.39 is 5.97 Å². The second-order valence-corrected chi connectivity index (χ2v) is 5.23. The normalized spacial score (nSPS) is 27.6. The first-order valence-electron chi connectivity index (χ1n) is 6.24. The molecule has 2 unspecified atom stereocenters. The summed E-state index contributed by atoms with van der Waals surface area (Å²) in [4.78, 5) is 13.3. The Morgan fingerprint density at radius 1 is 1.19 bits per heavy atom. The molecule has 4 nitrogen and oxygen atoms in total. The van der Waals surface area contributed by atoms with Crippen molar-refractivity contribution in [3.8, 4) is 0 Å². The molecule has 2 N–H and O–H groups in total. The number of carboxylic acids is 1. The third-order valence-corrected chi connectivity index (χ3v) is 3.97. The number of aliphatic hydroxyl groups excluding tert-OH is 1. The van der Waals surface area contributed by atoms with Gasteiger partial charge >= 0.3 is 5.97 Å². The Hall–Kier alpha value is -0.610. The van der Waals surface area contributed by atoms with E-state index in [0.717, 1.165) is 38.8 Å². The molecule has 1 saturated carbocycles. The highest BCUT2D eigenvalue weighted by Crippen LogP contribution is 2.37. The van der Waals surface area contributed by atoms with E-state index >= 15 is 0 Å². The van der Waals surface area contributed by atoms with Crippen LogP contribution in [0.1, 0.15) is 32.6 Å². The predicted molar refractivity (Wildman–Crippen MR) is 60.1 cm³/mol. The fourth-order valence-electron chi connectivity index (χ4n) is 2.75. The number of carboxylic acid groups (broad SMARTS) is 1. The number of carbonyl (C=O) groups is 1. The molecule has 0 spiro atoms. The molecule has 2 rings (SSSR count). The Morgan fingerprint density at radius 2 is 1.75 bits per heavy atom. The SMILES string of the molecule is CC(O)C1CCN(C(C(=O)O)C2CC2)CC1. The van der Waals surface area contributed by atoms with Gasteiger partial charge in [0.25, 0.3) is 0 Å². The molecule has 0 aromatic heterocycles. The van der Waals surface area contributed by atoms with Gasteiger partial charge in [0, 0.05) is 0 Å². The van der Waals surface area contributed by atoms with Crippen LogP contribution in [0.15, 0.2) is 0 Å². The standard InChI is InChI=1S/C12H21NO3/c1-8(14)9-4-6-13(7-5-9)11(12(15)16)10-2-3-10/h8-11,14H,2-7H2,1H3,(H,15,16). The minimum Gasteiger partial charge on any atom is -0.480 e. The van der Waals surface area contributed by atoms with E-state index in [4.69, 9.17) is 0 Å². The Labute approximate surface area is 96.3 Å². The van der Waals surface area contributed by atoms with Gasteiger partial charge in [0.05, 0.1) is 6.10 Å². The van der Waals surface area contributed by atoms with Gasteiger partial charge in [-0.2, -0.15) is 0 Å². The van der Waals surface area contributed by atoms with Gasteiger partial charge in [-0.25, -0.2) is 0 Å². The Kier molecular flexibility index (Phi) is 3.50. The van der Waals surface area contributed by atoms with Gasteiger partial charge in [-0.05, 0) is 57.5 Å². The molecular weight excluding hydrogens is 206 g/mol. The molecule has 1 aliphatic heterocycles. The maximum Gasteiger partial charge on any atom is 0.321 e. The first-order valence-corrected chi connectivity index (χ1v) is 6.24. The van der Waals surface area contributed by atoms with Crippen LogP contribution in [0.25, 0.3) is 0 Å². The van der Waals surface area contributed by atoms with E-state index in [1.807, 2.05) is 6.92 Å². The fraction of sp³-hybridized carbons (Fsp3) is 0.917. The third kappa shape index (κ3) is 2.55. The lowest BCUT2D eigenvalue weighted by Crippen LogP contribution is -2.48. The van der Waals surface area contributed by atoms with Crippen molar-refractivity contribution in [1.29, 1.82) is 0 Å². The number of rotatable bonds is 4. The zero-order valence-electron chi connectivity index (χ0n) is 9.80. The molecule has 1 aliphatic carbocycles. The van der Waals surface area contributed by atoms with E-state index in [1.165, 1.54) is 0 Å². The first kappa shape index (κ1) is 11.9. The molecule has 4 heteroatoms. The van der Waals surface area contributed by atoms with Crippen molar-refractivity contribution in [3.63, 3.8) is 0 Å². The highest BCUT2D eigenvalue weighted by Gasteiger charge is 2.41. The van der Waals surface area contributed by atoms with Crippen molar-refractivity contribution >= 4 is 5.97 Å². The van der Waals surface area contributed by atoms with Gasteiger partial charge in [0.2, 0.25) is 0 Å². The van der Waals surface area contributed by atoms with Crippen molar-refractivity contribution in [3.05, 3.63) is 0 Å². The molecule has 1 heterocycles. The Balaban J connectivity index is 1.89. The lowest BCUT2D eigenvalue weighted by molar-refractivity contribution is -0.145. The maximum atomic E-state index is 11.2. The number of piperidine rings is 1. The molecule has 92 valence electrons. The number of likely N-dealkylation sites (tertiary alicyclic amines) is 1. The highest BCUT2D eigenvalue weighted by atomic mass is 16.4. The summed E-state index contributed by atoms with van der Waals surface area (Å²) in [6.07, 6.45) is 3.72. The minimum atomic E-state index is -0.669. The van der Waals surface area contributed by atoms with Crippen molar-refractivity contribution in [1.82, 2.24) is 4.90 Å². The maximum absolute atomic E-state index is 11.2. The van der Waals surface area contributed by atoms with Crippen LogP contribution in [-0.4, -0.2) is 46.3 Å². The smallest absolute Gasteiger partial charge is 0.321 e. The second-order valence-electron chi connectivity index (χ2n) is 5.23. The molecule has 0 radical (unpaired) electrons. The molecule has 0 bridgehead atoms. The van der Waals surface area contributed by atoms with Crippen LogP contribution in [0.4, 0.5) is 0 Å². The van der Waals surface area contributed by atoms with E-state index in [2.05, 4.69) is 4.90 Å². The van der Waals surface area contributed by atoms with Gasteiger partial charge < -0.3 is 10.2 Å². The topological polar surface area (TPSA) is 60.8 Å². The van der Waals surface area contributed by atoms with Gasteiger partial charge in [-0.15, -0.1) is 0 Å². The van der Waals surface area contributed by atoms with Crippen molar-refractivity contribution in [2.75, 3.05) is 13.1 Å². The predicted octanol–water partition coefficient (Wildman–Crippen LogP) is 0.942. The van der Waals surface area contributed by atoms with E-state index in [-0.39, 0.29) is 12.1 Å². The number of aliphatic carboxylic acids is 1. The average molecular weight is 227 g/mol. The number of aliphatic hydroxyl groups is 1. The summed E-state index contributed by atoms with van der Waals surface area (Å²) in [5, 5.41) is 18.7. The summed E-state index contributed by atoms with van der Waals surface area (Å²) < 4.78 is 0. The van der Waals surface area contributed by atoms with Crippen molar-refractivity contribution in [2.24, 2.45) is 11.8 Å². The summed E-state index contributed by atoms with van der Waals surface area (Å²) >= 11 is 0. The zero-order valence-corrected chi connectivity index (χ0v) is 9.80. The van der Waals surface area contributed by atoms with Crippen LogP contribution >= 0.6 is 0 Å². The van der Waals surface area contributed by atoms with Crippen molar-refractivity contribution in [2.45, 2.75) is 44.8 Å². The van der Waals surface area contributed by atoms with E-state index in [1.54, 1.807) is 0 Å². The average Bonchev–Trinajstić information content (AvgIpc) is 3.02. The number of hydrogen-bond donors (Lipinski definition) is 2. The van der Waals surface area contributed by atoms with Crippen LogP contribution in [0, 0.1) is 11.8 Å². The summed E-state index contributed by atoms with van der Waals surface area (Å²) in [6, 6.07) is -0.269. The molecule has 16 heavy (non-hydrogen) atoms. The monoisotopic (exact) mass is 227 g/mol. The van der Waals surface area contributed by atoms with E-state index in [0.29, 0.717) is 11.8 Å². The quantitative estimate of drug-likeness (QED) is 0.750.